The highest BCUT2D eigenvalue weighted by molar-refractivity contribution is 6.42. The van der Waals surface area contributed by atoms with E-state index in [-0.39, 0.29) is 23.2 Å². The van der Waals surface area contributed by atoms with E-state index in [1.54, 1.807) is 18.2 Å². The molecule has 0 unspecified atom stereocenters. The fourth-order valence-electron chi connectivity index (χ4n) is 2.53. The average Bonchev–Trinajstić information content (AvgIpc) is 2.61. The summed E-state index contributed by atoms with van der Waals surface area (Å²) in [6.45, 7) is 1.68. The van der Waals surface area contributed by atoms with Gasteiger partial charge in [-0.1, -0.05) is 41.7 Å². The van der Waals surface area contributed by atoms with Gasteiger partial charge in [-0.15, -0.1) is 0 Å². The van der Waals surface area contributed by atoms with E-state index >= 15 is 0 Å². The number of rotatable bonds is 5. The molecule has 0 bridgehead atoms. The second-order valence-electron chi connectivity index (χ2n) is 5.56. The van der Waals surface area contributed by atoms with Gasteiger partial charge >= 0.3 is 5.63 Å². The molecule has 0 aliphatic heterocycles. The number of carbonyl (C=O) groups excluding carboxylic acids is 1. The molecule has 1 aromatic heterocycles. The van der Waals surface area contributed by atoms with E-state index in [2.05, 4.69) is 0 Å². The van der Waals surface area contributed by atoms with Gasteiger partial charge in [-0.25, -0.2) is 4.79 Å². The first-order valence-corrected chi connectivity index (χ1v) is 8.89. The topological polar surface area (TPSA) is 56.5 Å². The molecule has 0 aliphatic carbocycles. The summed E-state index contributed by atoms with van der Waals surface area (Å²) in [5.41, 5.74) is 1.11. The van der Waals surface area contributed by atoms with Crippen LogP contribution in [0, 0.1) is 0 Å². The monoisotopic (exact) mass is 410 g/mol. The largest absolute Gasteiger partial charge is 0.484 e. The Kier molecular flexibility index (Phi) is 5.56. The third kappa shape index (κ3) is 3.88. The minimum absolute atomic E-state index is 0.249. The lowest BCUT2D eigenvalue weighted by Gasteiger charge is -2.10. The maximum atomic E-state index is 12.3. The first-order valence-electron chi connectivity index (χ1n) is 7.76. The van der Waals surface area contributed by atoms with Crippen molar-refractivity contribution in [2.75, 3.05) is 6.61 Å². The molecule has 0 radical (unpaired) electrons. The van der Waals surface area contributed by atoms with Crippen LogP contribution in [-0.2, 0) is 6.42 Å². The predicted octanol–water partition coefficient (Wildman–Crippen LogP) is 5.58. The number of ketones is 1. The summed E-state index contributed by atoms with van der Waals surface area (Å²) in [6.07, 6.45) is 0.661. The summed E-state index contributed by atoms with van der Waals surface area (Å²) in [5, 5.41) is 1.71. The van der Waals surface area contributed by atoms with Crippen molar-refractivity contribution in [3.8, 4) is 5.75 Å². The van der Waals surface area contributed by atoms with Crippen LogP contribution in [0.2, 0.25) is 15.1 Å². The highest BCUT2D eigenvalue weighted by atomic mass is 35.5. The number of hydrogen-bond donors (Lipinski definition) is 0. The van der Waals surface area contributed by atoms with E-state index in [1.165, 1.54) is 18.2 Å². The molecule has 0 saturated carbocycles. The van der Waals surface area contributed by atoms with Crippen molar-refractivity contribution in [1.29, 1.82) is 0 Å². The van der Waals surface area contributed by atoms with E-state index in [1.807, 2.05) is 6.92 Å². The average molecular weight is 412 g/mol. The SMILES string of the molecule is CCc1cc(=O)oc2cc(OCC(=O)c3ccc(Cl)c(Cl)c3)c(Cl)cc12. The molecular weight excluding hydrogens is 399 g/mol. The number of ether oxygens (including phenoxy) is 1. The molecule has 134 valence electrons. The lowest BCUT2D eigenvalue weighted by atomic mass is 10.1. The lowest BCUT2D eigenvalue weighted by Crippen LogP contribution is -2.12. The van der Waals surface area contributed by atoms with Gasteiger partial charge in [-0.3, -0.25) is 4.79 Å². The van der Waals surface area contributed by atoms with Gasteiger partial charge in [0.2, 0.25) is 0 Å². The fourth-order valence-corrected chi connectivity index (χ4v) is 3.04. The molecule has 26 heavy (non-hydrogen) atoms. The number of aryl methyl sites for hydroxylation is 1. The molecule has 7 heteroatoms. The summed E-state index contributed by atoms with van der Waals surface area (Å²) in [6, 6.07) is 9.20. The molecule has 3 aromatic rings. The van der Waals surface area contributed by atoms with Crippen LogP contribution in [0.25, 0.3) is 11.0 Å². The van der Waals surface area contributed by atoms with Gasteiger partial charge in [0.05, 0.1) is 15.1 Å². The molecule has 0 fully saturated rings. The normalized spacial score (nSPS) is 10.9. The molecule has 0 spiro atoms. The zero-order chi connectivity index (χ0) is 18.8. The Bertz CT molecular complexity index is 1060. The number of fused-ring (bicyclic) bond motifs is 1. The fraction of sp³-hybridized carbons (Fsp3) is 0.158. The summed E-state index contributed by atoms with van der Waals surface area (Å²) >= 11 is 18.0. The number of benzene rings is 2. The Morgan fingerprint density at radius 1 is 1.04 bits per heavy atom. The predicted molar refractivity (Wildman–Crippen MR) is 103 cm³/mol. The van der Waals surface area contributed by atoms with E-state index in [0.717, 1.165) is 10.9 Å². The smallest absolute Gasteiger partial charge is 0.336 e. The molecule has 1 heterocycles. The Morgan fingerprint density at radius 2 is 1.81 bits per heavy atom. The van der Waals surface area contributed by atoms with Crippen LogP contribution in [-0.4, -0.2) is 12.4 Å². The summed E-state index contributed by atoms with van der Waals surface area (Å²) in [7, 11) is 0. The number of Topliss-reactive ketones (excluding diaryl/α,β-unsaturated/α-hetero) is 1. The van der Waals surface area contributed by atoms with E-state index < -0.39 is 5.63 Å². The molecule has 0 N–H and O–H groups in total. The maximum Gasteiger partial charge on any atom is 0.336 e. The van der Waals surface area contributed by atoms with E-state index in [4.69, 9.17) is 44.0 Å². The van der Waals surface area contributed by atoms with Gasteiger partial charge in [-0.05, 0) is 36.2 Å². The number of halogens is 3. The van der Waals surface area contributed by atoms with Gasteiger partial charge in [0.15, 0.2) is 12.4 Å². The van der Waals surface area contributed by atoms with Crippen LogP contribution in [0.4, 0.5) is 0 Å². The van der Waals surface area contributed by atoms with Crippen molar-refractivity contribution in [3.63, 3.8) is 0 Å². The van der Waals surface area contributed by atoms with Crippen molar-refractivity contribution in [1.82, 2.24) is 0 Å². The lowest BCUT2D eigenvalue weighted by molar-refractivity contribution is 0.0921. The zero-order valence-electron chi connectivity index (χ0n) is 13.6. The highest BCUT2D eigenvalue weighted by Gasteiger charge is 2.13. The van der Waals surface area contributed by atoms with Crippen molar-refractivity contribution in [2.24, 2.45) is 0 Å². The molecule has 3 rings (SSSR count). The third-order valence-electron chi connectivity index (χ3n) is 3.86. The van der Waals surface area contributed by atoms with Gasteiger partial charge in [0, 0.05) is 23.1 Å². The highest BCUT2D eigenvalue weighted by Crippen LogP contribution is 2.31. The van der Waals surface area contributed by atoms with Crippen molar-refractivity contribution >= 4 is 51.6 Å². The minimum atomic E-state index is -0.450. The second kappa shape index (κ2) is 7.70. The van der Waals surface area contributed by atoms with Gasteiger partial charge in [0.1, 0.15) is 11.3 Å². The van der Waals surface area contributed by atoms with E-state index in [0.29, 0.717) is 27.6 Å². The van der Waals surface area contributed by atoms with Crippen molar-refractivity contribution < 1.29 is 13.9 Å². The van der Waals surface area contributed by atoms with Gasteiger partial charge < -0.3 is 9.15 Å². The molecule has 0 atom stereocenters. The number of carbonyl (C=O) groups is 1. The Labute approximate surface area is 164 Å². The Morgan fingerprint density at radius 3 is 2.50 bits per heavy atom. The first kappa shape index (κ1) is 18.8. The molecule has 0 aliphatic rings. The Balaban J connectivity index is 1.86. The van der Waals surface area contributed by atoms with Crippen molar-refractivity contribution in [2.45, 2.75) is 13.3 Å². The second-order valence-corrected chi connectivity index (χ2v) is 6.79. The summed E-state index contributed by atoms with van der Waals surface area (Å²) in [4.78, 5) is 23.9. The molecule has 0 amide bonds. The van der Waals surface area contributed by atoms with Crippen LogP contribution >= 0.6 is 34.8 Å². The first-order chi connectivity index (χ1) is 12.4. The summed E-state index contributed by atoms with van der Waals surface area (Å²) < 4.78 is 10.7. The number of hydrogen-bond acceptors (Lipinski definition) is 4. The van der Waals surface area contributed by atoms with Crippen LogP contribution in [0.15, 0.2) is 45.6 Å². The van der Waals surface area contributed by atoms with Gasteiger partial charge in [0.25, 0.3) is 0 Å². The quantitative estimate of drug-likeness (QED) is 0.406. The van der Waals surface area contributed by atoms with Crippen molar-refractivity contribution in [3.05, 3.63) is 73.0 Å². The molecular formula is C19H13Cl3O4. The van der Waals surface area contributed by atoms with Gasteiger partial charge in [-0.2, -0.15) is 0 Å². The summed E-state index contributed by atoms with van der Waals surface area (Å²) in [5.74, 6) is -0.0347. The standard InChI is InChI=1S/C19H13Cl3O4/c1-2-10-6-19(24)26-17-8-18(15(22)7-12(10)17)25-9-16(23)11-3-4-13(20)14(21)5-11/h3-8H,2,9H2,1H3. The minimum Gasteiger partial charge on any atom is -0.484 e. The van der Waals surface area contributed by atoms with Crippen LogP contribution in [0.3, 0.4) is 0 Å². The van der Waals surface area contributed by atoms with Crippen LogP contribution in [0.5, 0.6) is 5.75 Å². The van der Waals surface area contributed by atoms with E-state index in [9.17, 15) is 9.59 Å². The zero-order valence-corrected chi connectivity index (χ0v) is 15.9. The maximum absolute atomic E-state index is 12.3. The molecule has 4 nitrogen and oxygen atoms in total. The molecule has 0 saturated heterocycles. The molecule has 2 aromatic carbocycles. The van der Waals surface area contributed by atoms with Crippen LogP contribution < -0.4 is 10.4 Å². The third-order valence-corrected chi connectivity index (χ3v) is 4.90. The Hall–Kier alpha value is -2.01. The van der Waals surface area contributed by atoms with Crippen LogP contribution in [0.1, 0.15) is 22.8 Å².